The SMILES string of the molecule is c1ccc(-n2c3ccccc3c3ccc(N(c4ccc(-c5cccc6sc7ccccc7c56)cc4)c4ccc5c(c4)sc4ccccc45)cc32)cc1. The summed E-state index contributed by atoms with van der Waals surface area (Å²) < 4.78 is 7.65. The Hall–Kier alpha value is -6.20. The van der Waals surface area contributed by atoms with Gasteiger partial charge < -0.3 is 9.47 Å². The van der Waals surface area contributed by atoms with Crippen molar-refractivity contribution in [3.63, 3.8) is 0 Å². The number of benzene rings is 8. The molecule has 0 N–H and O–H groups in total. The topological polar surface area (TPSA) is 8.17 Å². The Morgan fingerprint density at radius 1 is 0.365 bits per heavy atom. The molecule has 0 aliphatic rings. The molecule has 4 heteroatoms. The lowest BCUT2D eigenvalue weighted by Gasteiger charge is -2.26. The molecule has 0 bridgehead atoms. The summed E-state index contributed by atoms with van der Waals surface area (Å²) in [7, 11) is 0. The molecule has 0 atom stereocenters. The van der Waals surface area contributed by atoms with E-state index in [1.165, 1.54) is 73.3 Å². The molecule has 0 aliphatic carbocycles. The molecule has 3 aromatic heterocycles. The normalized spacial score (nSPS) is 11.8. The van der Waals surface area contributed by atoms with Crippen molar-refractivity contribution < 1.29 is 0 Å². The van der Waals surface area contributed by atoms with Crippen molar-refractivity contribution in [1.29, 1.82) is 0 Å². The number of fused-ring (bicyclic) bond motifs is 9. The molecule has 11 rings (SSSR count). The summed E-state index contributed by atoms with van der Waals surface area (Å²) in [5.41, 5.74) is 9.41. The van der Waals surface area contributed by atoms with E-state index >= 15 is 0 Å². The molecule has 244 valence electrons. The number of aromatic nitrogens is 1. The lowest BCUT2D eigenvalue weighted by molar-refractivity contribution is 1.18. The molecule has 2 nitrogen and oxygen atoms in total. The fourth-order valence-electron chi connectivity index (χ4n) is 8.06. The summed E-state index contributed by atoms with van der Waals surface area (Å²) in [5, 5.41) is 7.77. The summed E-state index contributed by atoms with van der Waals surface area (Å²) in [6.07, 6.45) is 0. The van der Waals surface area contributed by atoms with Crippen LogP contribution >= 0.6 is 22.7 Å². The highest BCUT2D eigenvalue weighted by Gasteiger charge is 2.19. The van der Waals surface area contributed by atoms with Crippen LogP contribution in [0.3, 0.4) is 0 Å². The molecule has 0 spiro atoms. The first-order chi connectivity index (χ1) is 25.8. The minimum absolute atomic E-state index is 1.12. The van der Waals surface area contributed by atoms with Gasteiger partial charge in [0.25, 0.3) is 0 Å². The van der Waals surface area contributed by atoms with E-state index in [1.807, 2.05) is 22.7 Å². The van der Waals surface area contributed by atoms with Crippen molar-refractivity contribution in [3.8, 4) is 16.8 Å². The average molecular weight is 699 g/mol. The lowest BCUT2D eigenvalue weighted by atomic mass is 9.99. The molecule has 0 aliphatic heterocycles. The molecule has 52 heavy (non-hydrogen) atoms. The first-order valence-corrected chi connectivity index (χ1v) is 19.2. The van der Waals surface area contributed by atoms with Gasteiger partial charge in [0, 0.05) is 73.9 Å². The number of para-hydroxylation sites is 2. The van der Waals surface area contributed by atoms with Crippen LogP contribution in [0.2, 0.25) is 0 Å². The Morgan fingerprint density at radius 3 is 1.77 bits per heavy atom. The maximum atomic E-state index is 2.42. The summed E-state index contributed by atoms with van der Waals surface area (Å²) in [5.74, 6) is 0. The van der Waals surface area contributed by atoms with Gasteiger partial charge in [0.2, 0.25) is 0 Å². The molecule has 0 saturated heterocycles. The van der Waals surface area contributed by atoms with Gasteiger partial charge in [-0.1, -0.05) is 109 Å². The van der Waals surface area contributed by atoms with E-state index in [4.69, 9.17) is 0 Å². The number of rotatable bonds is 5. The predicted molar refractivity (Wildman–Crippen MR) is 227 cm³/mol. The zero-order valence-corrected chi connectivity index (χ0v) is 29.7. The highest BCUT2D eigenvalue weighted by molar-refractivity contribution is 7.26. The minimum atomic E-state index is 1.12. The smallest absolute Gasteiger partial charge is 0.0561 e. The largest absolute Gasteiger partial charge is 0.310 e. The zero-order valence-electron chi connectivity index (χ0n) is 28.0. The van der Waals surface area contributed by atoms with Gasteiger partial charge in [-0.15, -0.1) is 22.7 Å². The highest BCUT2D eigenvalue weighted by Crippen LogP contribution is 2.44. The van der Waals surface area contributed by atoms with Gasteiger partial charge in [-0.2, -0.15) is 0 Å². The Bertz CT molecular complexity index is 3130. The maximum absolute atomic E-state index is 2.42. The van der Waals surface area contributed by atoms with E-state index in [0.717, 1.165) is 22.7 Å². The van der Waals surface area contributed by atoms with Gasteiger partial charge in [0.05, 0.1) is 11.0 Å². The fourth-order valence-corrected chi connectivity index (χ4v) is 10.3. The van der Waals surface area contributed by atoms with Crippen LogP contribution in [0.1, 0.15) is 0 Å². The maximum Gasteiger partial charge on any atom is 0.0561 e. The van der Waals surface area contributed by atoms with E-state index in [9.17, 15) is 0 Å². The molecule has 0 unspecified atom stereocenters. The summed E-state index contributed by atoms with van der Waals surface area (Å²) >= 11 is 3.73. The first kappa shape index (κ1) is 29.5. The van der Waals surface area contributed by atoms with Crippen molar-refractivity contribution in [1.82, 2.24) is 4.57 Å². The fraction of sp³-hybridized carbons (Fsp3) is 0. The van der Waals surface area contributed by atoms with Crippen molar-refractivity contribution in [3.05, 3.63) is 182 Å². The number of thiophene rings is 2. The number of nitrogens with zero attached hydrogens (tertiary/aromatic N) is 2. The van der Waals surface area contributed by atoms with Crippen LogP contribution < -0.4 is 4.90 Å². The molecule has 0 radical (unpaired) electrons. The molecule has 0 fully saturated rings. The quantitative estimate of drug-likeness (QED) is 0.174. The van der Waals surface area contributed by atoms with Crippen molar-refractivity contribution in [2.24, 2.45) is 0 Å². The molecule has 11 aromatic rings. The van der Waals surface area contributed by atoms with Gasteiger partial charge >= 0.3 is 0 Å². The van der Waals surface area contributed by atoms with Crippen LogP contribution in [0.5, 0.6) is 0 Å². The van der Waals surface area contributed by atoms with Gasteiger partial charge in [0.1, 0.15) is 0 Å². The van der Waals surface area contributed by atoms with Crippen LogP contribution in [-0.4, -0.2) is 4.57 Å². The van der Waals surface area contributed by atoms with Crippen molar-refractivity contribution >= 4 is 102 Å². The second-order valence-corrected chi connectivity index (χ2v) is 15.5. The number of hydrogen-bond acceptors (Lipinski definition) is 3. The van der Waals surface area contributed by atoms with Gasteiger partial charge in [0.15, 0.2) is 0 Å². The molecule has 0 amide bonds. The van der Waals surface area contributed by atoms with E-state index in [1.54, 1.807) is 0 Å². The third-order valence-electron chi connectivity index (χ3n) is 10.4. The lowest BCUT2D eigenvalue weighted by Crippen LogP contribution is -2.10. The molecule has 0 saturated carbocycles. The molecular weight excluding hydrogens is 669 g/mol. The van der Waals surface area contributed by atoms with Crippen LogP contribution in [0.15, 0.2) is 182 Å². The Balaban J connectivity index is 1.12. The Morgan fingerprint density at radius 2 is 0.942 bits per heavy atom. The van der Waals surface area contributed by atoms with Crippen LogP contribution in [-0.2, 0) is 0 Å². The van der Waals surface area contributed by atoms with Crippen LogP contribution in [0, 0.1) is 0 Å². The van der Waals surface area contributed by atoms with Crippen molar-refractivity contribution in [2.45, 2.75) is 0 Å². The predicted octanol–water partition coefficient (Wildman–Crippen LogP) is 14.7. The second kappa shape index (κ2) is 11.7. The first-order valence-electron chi connectivity index (χ1n) is 17.6. The van der Waals surface area contributed by atoms with Crippen LogP contribution in [0.25, 0.3) is 79.0 Å². The van der Waals surface area contributed by atoms with E-state index in [2.05, 4.69) is 191 Å². The summed E-state index contributed by atoms with van der Waals surface area (Å²) in [6, 6.07) is 66.7. The summed E-state index contributed by atoms with van der Waals surface area (Å²) in [4.78, 5) is 2.42. The highest BCUT2D eigenvalue weighted by atomic mass is 32.1. The zero-order chi connectivity index (χ0) is 34.2. The molecule has 8 aromatic carbocycles. The molecular formula is C48H30N2S2. The number of hydrogen-bond donors (Lipinski definition) is 0. The third kappa shape index (κ3) is 4.55. The Labute approximate surface area is 308 Å². The third-order valence-corrected chi connectivity index (χ3v) is 12.7. The van der Waals surface area contributed by atoms with Crippen LogP contribution in [0.4, 0.5) is 17.1 Å². The van der Waals surface area contributed by atoms with E-state index in [-0.39, 0.29) is 0 Å². The summed E-state index contributed by atoms with van der Waals surface area (Å²) in [6.45, 7) is 0. The Kier molecular flexibility index (Phi) is 6.63. The van der Waals surface area contributed by atoms with Crippen molar-refractivity contribution in [2.75, 3.05) is 4.90 Å². The van der Waals surface area contributed by atoms with E-state index in [0.29, 0.717) is 0 Å². The average Bonchev–Trinajstić information content (AvgIpc) is 3.88. The van der Waals surface area contributed by atoms with Gasteiger partial charge in [-0.05, 0) is 83.9 Å². The minimum Gasteiger partial charge on any atom is -0.310 e. The van der Waals surface area contributed by atoms with Gasteiger partial charge in [-0.25, -0.2) is 0 Å². The monoisotopic (exact) mass is 698 g/mol. The second-order valence-electron chi connectivity index (χ2n) is 13.3. The number of anilines is 3. The molecule has 3 heterocycles. The van der Waals surface area contributed by atoms with E-state index < -0.39 is 0 Å². The standard InChI is InChI=1S/C48H30N2S2/c1-2-11-32(12-3-1)50-42-17-7-4-13-37(42)38-27-25-34(29-43(38)50)49(35-26-28-40-39-14-5-8-18-44(39)52-47(40)30-35)33-23-21-31(22-24-33)36-16-10-20-46-48(36)41-15-6-9-19-45(41)51-46/h1-30H. The van der Waals surface area contributed by atoms with Gasteiger partial charge in [-0.3, -0.25) is 0 Å².